The predicted molar refractivity (Wildman–Crippen MR) is 156 cm³/mol. The lowest BCUT2D eigenvalue weighted by Crippen LogP contribution is -2.54. The predicted octanol–water partition coefficient (Wildman–Crippen LogP) is 3.87. The molecule has 0 aliphatic rings. The van der Waals surface area contributed by atoms with Crippen LogP contribution in [-0.4, -0.2) is 47.9 Å². The Kier molecular flexibility index (Phi) is 9.62. The molecule has 0 aliphatic heterocycles. The van der Waals surface area contributed by atoms with Crippen LogP contribution in [0, 0.1) is 0 Å². The molecule has 0 saturated carbocycles. The smallest absolute Gasteiger partial charge is 0.336 e. The number of likely N-dealkylation sites (N-methyl/N-ethyl adjacent to an activating group) is 1. The molecule has 208 valence electrons. The van der Waals surface area contributed by atoms with Crippen LogP contribution in [0.5, 0.6) is 0 Å². The molecule has 4 rings (SSSR count). The normalized spacial score (nSPS) is 12.0. The number of carbonyl (C=O) groups excluding carboxylic acids is 3. The van der Waals surface area contributed by atoms with Crippen molar-refractivity contribution in [1.29, 1.82) is 0 Å². The van der Waals surface area contributed by atoms with Crippen molar-refractivity contribution in [3.63, 3.8) is 0 Å². The molecule has 2 atom stereocenters. The van der Waals surface area contributed by atoms with Crippen LogP contribution in [0.3, 0.4) is 0 Å². The summed E-state index contributed by atoms with van der Waals surface area (Å²) >= 11 is 0. The number of hydrogen-bond donors (Lipinski definition) is 4. The van der Waals surface area contributed by atoms with Crippen molar-refractivity contribution in [3.05, 3.63) is 131 Å². The van der Waals surface area contributed by atoms with Crippen molar-refractivity contribution < 1.29 is 24.3 Å². The van der Waals surface area contributed by atoms with E-state index in [4.69, 9.17) is 0 Å². The fourth-order valence-corrected chi connectivity index (χ4v) is 4.62. The fourth-order valence-electron chi connectivity index (χ4n) is 4.62. The van der Waals surface area contributed by atoms with Crippen LogP contribution in [-0.2, 0) is 22.4 Å². The second-order valence-electron chi connectivity index (χ2n) is 9.48. The molecule has 3 amide bonds. The molecule has 0 unspecified atom stereocenters. The highest BCUT2D eigenvalue weighted by atomic mass is 16.4. The highest BCUT2D eigenvalue weighted by molar-refractivity contribution is 6.06. The van der Waals surface area contributed by atoms with E-state index in [-0.39, 0.29) is 29.9 Å². The molecule has 0 saturated heterocycles. The van der Waals surface area contributed by atoms with Gasteiger partial charge in [-0.1, -0.05) is 97.1 Å². The van der Waals surface area contributed by atoms with Crippen LogP contribution in [0.25, 0.3) is 11.1 Å². The van der Waals surface area contributed by atoms with E-state index in [1.807, 2.05) is 60.7 Å². The van der Waals surface area contributed by atoms with E-state index in [9.17, 15) is 24.3 Å². The molecule has 4 aromatic rings. The van der Waals surface area contributed by atoms with E-state index in [1.54, 1.807) is 42.5 Å². The minimum atomic E-state index is -1.11. The molecule has 4 N–H and O–H groups in total. The number of carboxylic acids is 1. The largest absolute Gasteiger partial charge is 0.478 e. The Labute approximate surface area is 238 Å². The van der Waals surface area contributed by atoms with Crippen LogP contribution in [0.2, 0.25) is 0 Å². The molecule has 8 nitrogen and oxygen atoms in total. The summed E-state index contributed by atoms with van der Waals surface area (Å²) in [4.78, 5) is 51.9. The Morgan fingerprint density at radius 3 is 1.54 bits per heavy atom. The molecule has 0 radical (unpaired) electrons. The zero-order chi connectivity index (χ0) is 29.2. The number of benzene rings is 4. The molecule has 0 fully saturated rings. The topological polar surface area (TPSA) is 125 Å². The van der Waals surface area contributed by atoms with E-state index in [2.05, 4.69) is 16.0 Å². The average Bonchev–Trinajstić information content (AvgIpc) is 3.01. The van der Waals surface area contributed by atoms with Gasteiger partial charge in [-0.3, -0.25) is 14.4 Å². The van der Waals surface area contributed by atoms with Gasteiger partial charge < -0.3 is 21.1 Å². The van der Waals surface area contributed by atoms with Crippen LogP contribution >= 0.6 is 0 Å². The minimum absolute atomic E-state index is 0.0562. The molecule has 0 aliphatic carbocycles. The summed E-state index contributed by atoms with van der Waals surface area (Å²) < 4.78 is 0. The zero-order valence-corrected chi connectivity index (χ0v) is 22.5. The maximum atomic E-state index is 13.7. The van der Waals surface area contributed by atoms with Crippen LogP contribution < -0.4 is 16.0 Å². The van der Waals surface area contributed by atoms with E-state index >= 15 is 0 Å². The number of hydrogen-bond acceptors (Lipinski definition) is 4. The van der Waals surface area contributed by atoms with Crippen molar-refractivity contribution in [3.8, 4) is 11.1 Å². The third-order valence-corrected chi connectivity index (χ3v) is 6.69. The summed E-state index contributed by atoms with van der Waals surface area (Å²) in [6, 6.07) is 29.8. The molecule has 0 aromatic heterocycles. The highest BCUT2D eigenvalue weighted by Gasteiger charge is 2.28. The first-order chi connectivity index (χ1) is 19.9. The Bertz CT molecular complexity index is 1520. The van der Waals surface area contributed by atoms with Crippen LogP contribution in [0.4, 0.5) is 0 Å². The second-order valence-corrected chi connectivity index (χ2v) is 9.48. The van der Waals surface area contributed by atoms with E-state index in [0.29, 0.717) is 11.1 Å². The van der Waals surface area contributed by atoms with Gasteiger partial charge in [0.25, 0.3) is 5.91 Å². The van der Waals surface area contributed by atoms with Crippen molar-refractivity contribution in [2.75, 3.05) is 7.05 Å². The summed E-state index contributed by atoms with van der Waals surface area (Å²) in [6.45, 7) is 0. The van der Waals surface area contributed by atoms with E-state index < -0.39 is 29.9 Å². The summed E-state index contributed by atoms with van der Waals surface area (Å²) in [5.41, 5.74) is 2.78. The minimum Gasteiger partial charge on any atom is -0.478 e. The molecular formula is C33H31N3O5. The molecule has 4 aromatic carbocycles. The molecule has 41 heavy (non-hydrogen) atoms. The summed E-state index contributed by atoms with van der Waals surface area (Å²) in [7, 11) is 1.50. The fraction of sp³-hybridized carbons (Fsp3) is 0.152. The molecule has 8 heteroatoms. The summed E-state index contributed by atoms with van der Waals surface area (Å²) in [6.07, 6.45) is 0.450. The second kappa shape index (κ2) is 13.7. The van der Waals surface area contributed by atoms with Gasteiger partial charge in [0.1, 0.15) is 12.1 Å². The average molecular weight is 550 g/mol. The maximum absolute atomic E-state index is 13.7. The monoisotopic (exact) mass is 549 g/mol. The maximum Gasteiger partial charge on any atom is 0.336 e. The van der Waals surface area contributed by atoms with Gasteiger partial charge in [0.05, 0.1) is 5.56 Å². The molecule has 0 bridgehead atoms. The van der Waals surface area contributed by atoms with Crippen molar-refractivity contribution >= 4 is 23.7 Å². The van der Waals surface area contributed by atoms with Gasteiger partial charge in [-0.25, -0.2) is 4.79 Å². The van der Waals surface area contributed by atoms with Gasteiger partial charge in [0.2, 0.25) is 11.8 Å². The quantitative estimate of drug-likeness (QED) is 0.226. The van der Waals surface area contributed by atoms with Gasteiger partial charge in [-0.15, -0.1) is 0 Å². The lowest BCUT2D eigenvalue weighted by atomic mass is 9.94. The number of rotatable bonds is 11. The van der Waals surface area contributed by atoms with Gasteiger partial charge in [0.15, 0.2) is 0 Å². The summed E-state index contributed by atoms with van der Waals surface area (Å²) in [5.74, 6) is -2.54. The van der Waals surface area contributed by atoms with Crippen LogP contribution in [0.1, 0.15) is 31.8 Å². The van der Waals surface area contributed by atoms with Gasteiger partial charge in [-0.2, -0.15) is 0 Å². The Morgan fingerprint density at radius 1 is 0.585 bits per heavy atom. The third-order valence-electron chi connectivity index (χ3n) is 6.69. The van der Waals surface area contributed by atoms with Crippen LogP contribution in [0.15, 0.2) is 109 Å². The number of nitrogens with one attached hydrogen (secondary N) is 3. The third kappa shape index (κ3) is 7.45. The Balaban J connectivity index is 1.63. The Morgan fingerprint density at radius 2 is 1.02 bits per heavy atom. The van der Waals surface area contributed by atoms with Crippen molar-refractivity contribution in [1.82, 2.24) is 16.0 Å². The van der Waals surface area contributed by atoms with Crippen molar-refractivity contribution in [2.45, 2.75) is 24.9 Å². The van der Waals surface area contributed by atoms with Gasteiger partial charge >= 0.3 is 5.97 Å². The molecule has 0 spiro atoms. The van der Waals surface area contributed by atoms with Crippen molar-refractivity contribution in [2.24, 2.45) is 0 Å². The molecule has 0 heterocycles. The number of amides is 3. The van der Waals surface area contributed by atoms with E-state index in [1.165, 1.54) is 13.1 Å². The first-order valence-corrected chi connectivity index (χ1v) is 13.2. The standard InChI is InChI=1S/C33H31N3O5/c1-34-31(38)28(20-22-12-4-2-5-13-22)36-32(39)29(21-23-14-6-3-7-15-23)35-30(37)26-18-10-8-16-24(26)25-17-9-11-19-27(25)33(40)41/h2-19,28-29H,20-21H2,1H3,(H,34,38)(H,35,37)(H,36,39)(H,40,41)/t28-,29+/m1/s1. The lowest BCUT2D eigenvalue weighted by molar-refractivity contribution is -0.129. The lowest BCUT2D eigenvalue weighted by Gasteiger charge is -2.23. The Hall–Kier alpha value is -5.24. The SMILES string of the molecule is CNC(=O)[C@@H](Cc1ccccc1)NC(=O)[C@H](Cc1ccccc1)NC(=O)c1ccccc1-c1ccccc1C(=O)O. The summed E-state index contributed by atoms with van der Waals surface area (Å²) in [5, 5.41) is 18.0. The highest BCUT2D eigenvalue weighted by Crippen LogP contribution is 2.27. The number of aromatic carboxylic acids is 1. The van der Waals surface area contributed by atoms with Gasteiger partial charge in [-0.05, 0) is 34.4 Å². The number of carbonyl (C=O) groups is 4. The number of carboxylic acid groups (broad SMARTS) is 1. The zero-order valence-electron chi connectivity index (χ0n) is 22.5. The van der Waals surface area contributed by atoms with E-state index in [0.717, 1.165) is 11.1 Å². The first-order valence-electron chi connectivity index (χ1n) is 13.2. The van der Waals surface area contributed by atoms with Gasteiger partial charge in [0, 0.05) is 25.5 Å². The first kappa shape index (κ1) is 28.8. The molecular weight excluding hydrogens is 518 g/mol.